The first-order valence-corrected chi connectivity index (χ1v) is 6.01. The van der Waals surface area contributed by atoms with E-state index in [-0.39, 0.29) is 11.9 Å². The fourth-order valence-corrected chi connectivity index (χ4v) is 1.72. The highest BCUT2D eigenvalue weighted by Gasteiger charge is 2.09. The van der Waals surface area contributed by atoms with E-state index in [2.05, 4.69) is 10.2 Å². The van der Waals surface area contributed by atoms with Gasteiger partial charge in [-0.1, -0.05) is 0 Å². The second-order valence-corrected chi connectivity index (χ2v) is 4.34. The minimum atomic E-state index is -0.0563. The molecule has 0 aromatic rings. The Morgan fingerprint density at radius 2 is 2.19 bits per heavy atom. The zero-order valence-electron chi connectivity index (χ0n) is 10.1. The largest absolute Gasteiger partial charge is 0.379 e. The summed E-state index contributed by atoms with van der Waals surface area (Å²) in [7, 11) is 0. The van der Waals surface area contributed by atoms with Gasteiger partial charge in [-0.15, -0.1) is 0 Å². The normalized spacial score (nSPS) is 19.4. The van der Waals surface area contributed by atoms with Crippen LogP contribution in [-0.2, 0) is 9.53 Å². The number of carbonyl (C=O) groups is 1. The number of amides is 1. The summed E-state index contributed by atoms with van der Waals surface area (Å²) in [6, 6.07) is -0.0563. The lowest BCUT2D eigenvalue weighted by atomic mass is 10.2. The van der Waals surface area contributed by atoms with E-state index in [1.165, 1.54) is 0 Å². The van der Waals surface area contributed by atoms with Crippen molar-refractivity contribution in [2.45, 2.75) is 25.8 Å². The van der Waals surface area contributed by atoms with Crippen LogP contribution in [0.2, 0.25) is 0 Å². The van der Waals surface area contributed by atoms with Crippen LogP contribution in [-0.4, -0.2) is 56.2 Å². The second kappa shape index (κ2) is 7.60. The van der Waals surface area contributed by atoms with Crippen molar-refractivity contribution in [3.05, 3.63) is 0 Å². The Kier molecular flexibility index (Phi) is 6.37. The number of morpholine rings is 1. The minimum Gasteiger partial charge on any atom is -0.379 e. The van der Waals surface area contributed by atoms with E-state index in [1.807, 2.05) is 6.92 Å². The molecule has 0 aromatic heterocycles. The summed E-state index contributed by atoms with van der Waals surface area (Å²) in [5, 5.41) is 2.88. The number of nitrogens with one attached hydrogen (secondary N) is 1. The first kappa shape index (κ1) is 13.4. The van der Waals surface area contributed by atoms with Crippen LogP contribution in [0.4, 0.5) is 0 Å². The maximum atomic E-state index is 11.3. The van der Waals surface area contributed by atoms with Crippen molar-refractivity contribution in [1.82, 2.24) is 10.2 Å². The molecule has 0 radical (unpaired) electrons. The predicted molar refractivity (Wildman–Crippen MR) is 63.2 cm³/mol. The van der Waals surface area contributed by atoms with Gasteiger partial charge in [0.05, 0.1) is 13.2 Å². The third kappa shape index (κ3) is 6.05. The van der Waals surface area contributed by atoms with Gasteiger partial charge in [-0.25, -0.2) is 0 Å². The van der Waals surface area contributed by atoms with Crippen molar-refractivity contribution in [2.24, 2.45) is 5.73 Å². The Balaban J connectivity index is 1.96. The molecule has 0 saturated carbocycles. The Morgan fingerprint density at radius 1 is 1.50 bits per heavy atom. The third-order valence-corrected chi connectivity index (χ3v) is 2.58. The molecule has 1 saturated heterocycles. The van der Waals surface area contributed by atoms with Crippen molar-refractivity contribution < 1.29 is 9.53 Å². The lowest BCUT2D eigenvalue weighted by Gasteiger charge is -2.26. The van der Waals surface area contributed by atoms with Crippen LogP contribution in [0, 0.1) is 0 Å². The summed E-state index contributed by atoms with van der Waals surface area (Å²) < 4.78 is 5.26. The highest BCUT2D eigenvalue weighted by Crippen LogP contribution is 1.97. The Morgan fingerprint density at radius 3 is 2.81 bits per heavy atom. The van der Waals surface area contributed by atoms with Gasteiger partial charge in [-0.2, -0.15) is 0 Å². The van der Waals surface area contributed by atoms with Gasteiger partial charge in [-0.05, 0) is 19.9 Å². The van der Waals surface area contributed by atoms with Crippen LogP contribution < -0.4 is 11.1 Å². The van der Waals surface area contributed by atoms with Crippen molar-refractivity contribution in [3.8, 4) is 0 Å². The monoisotopic (exact) mass is 229 g/mol. The molecule has 0 bridgehead atoms. The van der Waals surface area contributed by atoms with Crippen LogP contribution in [0.15, 0.2) is 0 Å². The lowest BCUT2D eigenvalue weighted by Crippen LogP contribution is -2.38. The quantitative estimate of drug-likeness (QED) is 0.606. The molecule has 0 aliphatic carbocycles. The van der Waals surface area contributed by atoms with Crippen molar-refractivity contribution in [2.75, 3.05) is 39.4 Å². The highest BCUT2D eigenvalue weighted by molar-refractivity contribution is 5.76. The molecular formula is C11H23N3O2. The zero-order chi connectivity index (χ0) is 11.8. The fraction of sp³-hybridized carbons (Fsp3) is 0.909. The van der Waals surface area contributed by atoms with Gasteiger partial charge in [0.15, 0.2) is 0 Å². The Bertz CT molecular complexity index is 203. The van der Waals surface area contributed by atoms with Crippen molar-refractivity contribution in [3.63, 3.8) is 0 Å². The number of rotatable bonds is 6. The van der Waals surface area contributed by atoms with E-state index in [9.17, 15) is 4.79 Å². The van der Waals surface area contributed by atoms with Gasteiger partial charge >= 0.3 is 0 Å². The van der Waals surface area contributed by atoms with Crippen LogP contribution in [0.1, 0.15) is 19.8 Å². The lowest BCUT2D eigenvalue weighted by molar-refractivity contribution is -0.121. The number of ether oxygens (including phenoxy) is 1. The van der Waals surface area contributed by atoms with Crippen LogP contribution >= 0.6 is 0 Å². The summed E-state index contributed by atoms with van der Waals surface area (Å²) in [4.78, 5) is 13.6. The van der Waals surface area contributed by atoms with Gasteiger partial charge in [0.2, 0.25) is 5.91 Å². The van der Waals surface area contributed by atoms with Crippen LogP contribution in [0.25, 0.3) is 0 Å². The zero-order valence-corrected chi connectivity index (χ0v) is 10.1. The topological polar surface area (TPSA) is 67.6 Å². The summed E-state index contributed by atoms with van der Waals surface area (Å²) in [6.45, 7) is 7.29. The first-order valence-electron chi connectivity index (χ1n) is 6.01. The van der Waals surface area contributed by atoms with Crippen LogP contribution in [0.5, 0.6) is 0 Å². The van der Waals surface area contributed by atoms with Gasteiger partial charge in [0.1, 0.15) is 0 Å². The Labute approximate surface area is 97.3 Å². The number of nitrogens with zero attached hydrogens (tertiary/aromatic N) is 1. The smallest absolute Gasteiger partial charge is 0.221 e. The van der Waals surface area contributed by atoms with Gasteiger partial charge in [-0.3, -0.25) is 9.69 Å². The molecule has 1 aliphatic rings. The third-order valence-electron chi connectivity index (χ3n) is 2.58. The summed E-state index contributed by atoms with van der Waals surface area (Å²) in [5.74, 6) is 0.0528. The molecule has 1 rings (SSSR count). The van der Waals surface area contributed by atoms with Crippen LogP contribution in [0.3, 0.4) is 0 Å². The minimum absolute atomic E-state index is 0.0528. The number of hydrogen-bond acceptors (Lipinski definition) is 4. The molecule has 5 nitrogen and oxygen atoms in total. The summed E-state index contributed by atoms with van der Waals surface area (Å²) >= 11 is 0. The molecule has 0 aromatic carbocycles. The molecule has 3 N–H and O–H groups in total. The molecule has 16 heavy (non-hydrogen) atoms. The molecule has 0 spiro atoms. The highest BCUT2D eigenvalue weighted by atomic mass is 16.5. The molecule has 94 valence electrons. The van der Waals surface area contributed by atoms with E-state index in [1.54, 1.807) is 0 Å². The van der Waals surface area contributed by atoms with E-state index >= 15 is 0 Å². The Hall–Kier alpha value is -0.650. The summed E-state index contributed by atoms with van der Waals surface area (Å²) in [6.07, 6.45) is 1.41. The van der Waals surface area contributed by atoms with Crippen molar-refractivity contribution >= 4 is 5.91 Å². The fourth-order valence-electron chi connectivity index (χ4n) is 1.72. The molecule has 1 aliphatic heterocycles. The second-order valence-electron chi connectivity index (χ2n) is 4.34. The van der Waals surface area contributed by atoms with Crippen molar-refractivity contribution in [1.29, 1.82) is 0 Å². The first-order chi connectivity index (χ1) is 7.68. The summed E-state index contributed by atoms with van der Waals surface area (Å²) in [5.41, 5.74) is 5.53. The van der Waals surface area contributed by atoms with Gasteiger partial charge in [0.25, 0.3) is 0 Å². The molecule has 1 atom stereocenters. The molecule has 1 amide bonds. The molecular weight excluding hydrogens is 206 g/mol. The van der Waals surface area contributed by atoms with Gasteiger partial charge in [0, 0.05) is 32.1 Å². The molecule has 1 heterocycles. The predicted octanol–water partition coefficient (Wildman–Crippen LogP) is -0.438. The van der Waals surface area contributed by atoms with E-state index < -0.39 is 0 Å². The molecule has 1 fully saturated rings. The SMILES string of the molecule is CC(N)CC(=O)NCCCN1CCOCC1. The van der Waals surface area contributed by atoms with E-state index in [0.29, 0.717) is 6.42 Å². The number of carbonyl (C=O) groups excluding carboxylic acids is 1. The average molecular weight is 229 g/mol. The standard InChI is InChI=1S/C11H23N3O2/c1-10(12)9-11(15)13-3-2-4-14-5-7-16-8-6-14/h10H,2-9,12H2,1H3,(H,13,15). The maximum absolute atomic E-state index is 11.3. The number of nitrogens with two attached hydrogens (primary N) is 1. The van der Waals surface area contributed by atoms with E-state index in [0.717, 1.165) is 45.8 Å². The van der Waals surface area contributed by atoms with Gasteiger partial charge < -0.3 is 15.8 Å². The molecule has 5 heteroatoms. The van der Waals surface area contributed by atoms with E-state index in [4.69, 9.17) is 10.5 Å². The maximum Gasteiger partial charge on any atom is 0.221 e. The number of hydrogen-bond donors (Lipinski definition) is 2. The average Bonchev–Trinajstić information content (AvgIpc) is 2.25. The molecule has 1 unspecified atom stereocenters.